The van der Waals surface area contributed by atoms with Crippen molar-refractivity contribution in [1.82, 2.24) is 20.0 Å². The van der Waals surface area contributed by atoms with Crippen molar-refractivity contribution < 1.29 is 9.53 Å². The lowest BCUT2D eigenvalue weighted by atomic mass is 10.1. The normalized spacial score (nSPS) is 17.6. The van der Waals surface area contributed by atoms with Gasteiger partial charge < -0.3 is 10.1 Å². The van der Waals surface area contributed by atoms with E-state index in [1.165, 1.54) is 0 Å². The predicted octanol–water partition coefficient (Wildman–Crippen LogP) is 1.10. The number of carbonyl (C=O) groups excluding carboxylic acids is 1. The van der Waals surface area contributed by atoms with Gasteiger partial charge in [-0.1, -0.05) is 6.92 Å². The van der Waals surface area contributed by atoms with Gasteiger partial charge >= 0.3 is 0 Å². The van der Waals surface area contributed by atoms with Gasteiger partial charge in [-0.25, -0.2) is 0 Å². The van der Waals surface area contributed by atoms with Gasteiger partial charge in [-0.05, 0) is 19.4 Å². The molecule has 6 heteroatoms. The number of nitrogens with one attached hydrogen (secondary N) is 1. The van der Waals surface area contributed by atoms with Crippen molar-refractivity contribution >= 4 is 5.91 Å². The van der Waals surface area contributed by atoms with Crippen LogP contribution in [0.25, 0.3) is 0 Å². The minimum atomic E-state index is 0.0644. The van der Waals surface area contributed by atoms with Crippen molar-refractivity contribution in [2.24, 2.45) is 7.05 Å². The zero-order valence-corrected chi connectivity index (χ0v) is 13.0. The van der Waals surface area contributed by atoms with Crippen LogP contribution in [0.15, 0.2) is 12.4 Å². The highest BCUT2D eigenvalue weighted by atomic mass is 16.5. The van der Waals surface area contributed by atoms with Crippen molar-refractivity contribution in [3.63, 3.8) is 0 Å². The second-order valence-corrected chi connectivity index (χ2v) is 5.53. The molecule has 0 bridgehead atoms. The number of carbonyl (C=O) groups is 1. The van der Waals surface area contributed by atoms with Crippen LogP contribution in [0.4, 0.5) is 0 Å². The largest absolute Gasteiger partial charge is 0.379 e. The summed E-state index contributed by atoms with van der Waals surface area (Å²) >= 11 is 0. The van der Waals surface area contributed by atoms with Crippen molar-refractivity contribution in [3.8, 4) is 0 Å². The van der Waals surface area contributed by atoms with Crippen molar-refractivity contribution in [1.29, 1.82) is 0 Å². The monoisotopic (exact) mass is 294 g/mol. The molecule has 0 saturated carbocycles. The summed E-state index contributed by atoms with van der Waals surface area (Å²) in [5.74, 6) is 0.124. The van der Waals surface area contributed by atoms with Crippen LogP contribution in [-0.2, 0) is 16.6 Å². The smallest absolute Gasteiger partial charge is 0.220 e. The molecule has 1 aromatic rings. The molecule has 1 aromatic heterocycles. The number of aryl methyl sites for hydroxylation is 1. The number of hydrogen-bond donors (Lipinski definition) is 1. The quantitative estimate of drug-likeness (QED) is 0.818. The van der Waals surface area contributed by atoms with E-state index in [1.54, 1.807) is 4.68 Å². The topological polar surface area (TPSA) is 59.4 Å². The van der Waals surface area contributed by atoms with Gasteiger partial charge in [0.25, 0.3) is 0 Å². The molecule has 6 nitrogen and oxygen atoms in total. The summed E-state index contributed by atoms with van der Waals surface area (Å²) in [6.45, 7) is 6.63. The van der Waals surface area contributed by atoms with Crippen LogP contribution in [0.5, 0.6) is 0 Å². The van der Waals surface area contributed by atoms with Crippen LogP contribution in [-0.4, -0.2) is 53.4 Å². The number of amides is 1. The molecule has 0 radical (unpaired) electrons. The maximum absolute atomic E-state index is 12.1. The molecule has 1 aliphatic rings. The van der Waals surface area contributed by atoms with Crippen molar-refractivity contribution in [2.45, 2.75) is 32.2 Å². The Morgan fingerprint density at radius 3 is 2.86 bits per heavy atom. The summed E-state index contributed by atoms with van der Waals surface area (Å²) in [4.78, 5) is 14.4. The fourth-order valence-corrected chi connectivity index (χ4v) is 2.60. The summed E-state index contributed by atoms with van der Waals surface area (Å²) in [6, 6.07) is 0.0644. The molecule has 1 saturated heterocycles. The number of ether oxygens (including phenoxy) is 1. The Balaban J connectivity index is 1.70. The van der Waals surface area contributed by atoms with Gasteiger partial charge in [-0.2, -0.15) is 5.10 Å². The molecule has 1 atom stereocenters. The molecule has 1 aliphatic heterocycles. The van der Waals surface area contributed by atoms with E-state index in [1.807, 2.05) is 19.4 Å². The second-order valence-electron chi connectivity index (χ2n) is 5.53. The SMILES string of the molecule is CC[C@H](NC(=O)CCCN1CCOCC1)c1cnn(C)c1. The van der Waals surface area contributed by atoms with Crippen molar-refractivity contribution in [2.75, 3.05) is 32.8 Å². The summed E-state index contributed by atoms with van der Waals surface area (Å²) < 4.78 is 7.08. The van der Waals surface area contributed by atoms with E-state index in [0.717, 1.165) is 51.3 Å². The fraction of sp³-hybridized carbons (Fsp3) is 0.733. The maximum atomic E-state index is 12.1. The van der Waals surface area contributed by atoms with Crippen LogP contribution in [0, 0.1) is 0 Å². The third kappa shape index (κ3) is 5.13. The van der Waals surface area contributed by atoms with Gasteiger partial charge in [0.05, 0.1) is 25.5 Å². The van der Waals surface area contributed by atoms with E-state index >= 15 is 0 Å². The third-order valence-electron chi connectivity index (χ3n) is 3.85. The highest BCUT2D eigenvalue weighted by molar-refractivity contribution is 5.76. The highest BCUT2D eigenvalue weighted by Crippen LogP contribution is 2.15. The standard InChI is InChI=1S/C15H26N4O2/c1-3-14(13-11-16-18(2)12-13)17-15(20)5-4-6-19-7-9-21-10-8-19/h11-12,14H,3-10H2,1-2H3,(H,17,20)/t14-/m0/s1. The first-order valence-electron chi connectivity index (χ1n) is 7.77. The molecule has 1 N–H and O–H groups in total. The molecule has 0 aromatic carbocycles. The summed E-state index contributed by atoms with van der Waals surface area (Å²) in [5, 5.41) is 7.26. The van der Waals surface area contributed by atoms with Gasteiger partial charge in [0.15, 0.2) is 0 Å². The number of nitrogens with zero attached hydrogens (tertiary/aromatic N) is 3. The molecule has 118 valence electrons. The van der Waals surface area contributed by atoms with Gasteiger partial charge in [0.1, 0.15) is 0 Å². The van der Waals surface area contributed by atoms with E-state index in [2.05, 4.69) is 22.2 Å². The minimum absolute atomic E-state index is 0.0644. The lowest BCUT2D eigenvalue weighted by Gasteiger charge is -2.26. The molecule has 1 fully saturated rings. The van der Waals surface area contributed by atoms with E-state index in [0.29, 0.717) is 6.42 Å². The number of hydrogen-bond acceptors (Lipinski definition) is 4. The first-order chi connectivity index (χ1) is 10.2. The Bertz CT molecular complexity index is 441. The average molecular weight is 294 g/mol. The van der Waals surface area contributed by atoms with Gasteiger partial charge in [-0.3, -0.25) is 14.4 Å². The molecular weight excluding hydrogens is 268 g/mol. The molecule has 2 heterocycles. The molecule has 1 amide bonds. The maximum Gasteiger partial charge on any atom is 0.220 e. The first kappa shape index (κ1) is 16.0. The zero-order valence-electron chi connectivity index (χ0n) is 13.0. The minimum Gasteiger partial charge on any atom is -0.379 e. The van der Waals surface area contributed by atoms with Crippen LogP contribution in [0.3, 0.4) is 0 Å². The lowest BCUT2D eigenvalue weighted by Crippen LogP contribution is -2.37. The predicted molar refractivity (Wildman–Crippen MR) is 80.9 cm³/mol. The van der Waals surface area contributed by atoms with E-state index < -0.39 is 0 Å². The molecule has 21 heavy (non-hydrogen) atoms. The van der Waals surface area contributed by atoms with Crippen LogP contribution < -0.4 is 5.32 Å². The lowest BCUT2D eigenvalue weighted by molar-refractivity contribution is -0.122. The van der Waals surface area contributed by atoms with E-state index in [-0.39, 0.29) is 11.9 Å². The molecule has 0 aliphatic carbocycles. The van der Waals surface area contributed by atoms with Crippen LogP contribution in [0.1, 0.15) is 37.8 Å². The average Bonchev–Trinajstić information content (AvgIpc) is 2.92. The van der Waals surface area contributed by atoms with E-state index in [9.17, 15) is 4.79 Å². The summed E-state index contributed by atoms with van der Waals surface area (Å²) in [5.41, 5.74) is 1.07. The first-order valence-corrected chi connectivity index (χ1v) is 7.77. The van der Waals surface area contributed by atoms with Gasteiger partial charge in [-0.15, -0.1) is 0 Å². The fourth-order valence-electron chi connectivity index (χ4n) is 2.60. The third-order valence-corrected chi connectivity index (χ3v) is 3.85. The molecule has 0 spiro atoms. The Labute approximate surface area is 126 Å². The Kier molecular flexibility index (Phi) is 6.20. The Morgan fingerprint density at radius 1 is 1.48 bits per heavy atom. The summed E-state index contributed by atoms with van der Waals surface area (Å²) in [7, 11) is 1.89. The Hall–Kier alpha value is -1.40. The highest BCUT2D eigenvalue weighted by Gasteiger charge is 2.15. The van der Waals surface area contributed by atoms with Crippen LogP contribution in [0.2, 0.25) is 0 Å². The second kappa shape index (κ2) is 8.14. The summed E-state index contributed by atoms with van der Waals surface area (Å²) in [6.07, 6.45) is 6.13. The number of morpholine rings is 1. The molecule has 2 rings (SSSR count). The molecule has 0 unspecified atom stereocenters. The van der Waals surface area contributed by atoms with Crippen molar-refractivity contribution in [3.05, 3.63) is 18.0 Å². The van der Waals surface area contributed by atoms with E-state index in [4.69, 9.17) is 4.74 Å². The van der Waals surface area contributed by atoms with Crippen LogP contribution >= 0.6 is 0 Å². The number of rotatable bonds is 7. The molecular formula is C15H26N4O2. The van der Waals surface area contributed by atoms with Gasteiger partial charge in [0.2, 0.25) is 5.91 Å². The van der Waals surface area contributed by atoms with Gasteiger partial charge in [0, 0.05) is 38.3 Å². The zero-order chi connectivity index (χ0) is 15.1. The Morgan fingerprint density at radius 2 is 2.24 bits per heavy atom. The number of aromatic nitrogens is 2.